The van der Waals surface area contributed by atoms with Crippen LogP contribution in [0.1, 0.15) is 25.8 Å². The first-order valence-electron chi connectivity index (χ1n) is 7.08. The van der Waals surface area contributed by atoms with E-state index in [1.807, 2.05) is 24.3 Å². The highest BCUT2D eigenvalue weighted by Gasteiger charge is 2.05. The summed E-state index contributed by atoms with van der Waals surface area (Å²) in [6.45, 7) is 4.28. The second kappa shape index (κ2) is 7.34. The van der Waals surface area contributed by atoms with Gasteiger partial charge in [-0.3, -0.25) is 0 Å². The molecule has 0 saturated carbocycles. The summed E-state index contributed by atoms with van der Waals surface area (Å²) < 4.78 is 0. The number of hydrogen-bond acceptors (Lipinski definition) is 1. The van der Waals surface area contributed by atoms with E-state index >= 15 is 0 Å². The highest BCUT2D eigenvalue weighted by atomic mass is 14.8. The third-order valence-corrected chi connectivity index (χ3v) is 3.32. The zero-order valence-corrected chi connectivity index (χ0v) is 12.1. The molecule has 102 valence electrons. The van der Waals surface area contributed by atoms with Crippen LogP contribution < -0.4 is 5.32 Å². The number of benzene rings is 2. The summed E-state index contributed by atoms with van der Waals surface area (Å²) in [7, 11) is 0. The van der Waals surface area contributed by atoms with Crippen LogP contribution in [0.4, 0.5) is 5.69 Å². The Balaban J connectivity index is 2.32. The third-order valence-electron chi connectivity index (χ3n) is 3.32. The van der Waals surface area contributed by atoms with Gasteiger partial charge in [0, 0.05) is 17.5 Å². The molecule has 0 aliphatic rings. The van der Waals surface area contributed by atoms with Crippen LogP contribution in [-0.4, -0.2) is 0 Å². The van der Waals surface area contributed by atoms with Crippen molar-refractivity contribution < 1.29 is 0 Å². The van der Waals surface area contributed by atoms with E-state index in [2.05, 4.69) is 67.8 Å². The predicted octanol–water partition coefficient (Wildman–Crippen LogP) is 5.50. The van der Waals surface area contributed by atoms with E-state index in [0.717, 1.165) is 12.1 Å². The van der Waals surface area contributed by atoms with E-state index in [9.17, 15) is 0 Å². The summed E-state index contributed by atoms with van der Waals surface area (Å²) >= 11 is 0. The molecule has 0 atom stereocenters. The van der Waals surface area contributed by atoms with E-state index in [4.69, 9.17) is 0 Å². The quantitative estimate of drug-likeness (QED) is 0.703. The Bertz CT molecular complexity index is 580. The topological polar surface area (TPSA) is 12.0 Å². The normalized spacial score (nSPS) is 12.3. The van der Waals surface area contributed by atoms with Crippen molar-refractivity contribution in [3.63, 3.8) is 0 Å². The Kier molecular flexibility index (Phi) is 5.19. The average molecular weight is 263 g/mol. The van der Waals surface area contributed by atoms with Gasteiger partial charge >= 0.3 is 0 Å². The number of para-hydroxylation sites is 1. The van der Waals surface area contributed by atoms with Crippen molar-refractivity contribution in [3.05, 3.63) is 84.1 Å². The largest absolute Gasteiger partial charge is 0.361 e. The Hall–Kier alpha value is -2.28. The molecule has 0 spiro atoms. The Morgan fingerprint density at radius 1 is 0.950 bits per heavy atom. The zero-order chi connectivity index (χ0) is 14.2. The summed E-state index contributed by atoms with van der Waals surface area (Å²) in [6, 6.07) is 20.7. The number of nitrogens with one attached hydrogen (secondary N) is 1. The minimum absolute atomic E-state index is 1.02. The molecule has 1 nitrogen and oxygen atoms in total. The van der Waals surface area contributed by atoms with Crippen LogP contribution in [-0.2, 0) is 0 Å². The second-order valence-electron chi connectivity index (χ2n) is 4.60. The molecule has 0 aliphatic heterocycles. The maximum absolute atomic E-state index is 3.39. The van der Waals surface area contributed by atoms with Gasteiger partial charge in [-0.1, -0.05) is 61.5 Å². The molecule has 0 unspecified atom stereocenters. The number of allylic oxidation sites excluding steroid dienone is 3. The Morgan fingerprint density at radius 2 is 1.55 bits per heavy atom. The predicted molar refractivity (Wildman–Crippen MR) is 88.5 cm³/mol. The van der Waals surface area contributed by atoms with Gasteiger partial charge in [-0.15, -0.1) is 0 Å². The van der Waals surface area contributed by atoms with Crippen molar-refractivity contribution >= 4 is 11.3 Å². The summed E-state index contributed by atoms with van der Waals surface area (Å²) in [5, 5.41) is 3.39. The van der Waals surface area contributed by atoms with Crippen LogP contribution in [0.25, 0.3) is 5.57 Å². The second-order valence-corrected chi connectivity index (χ2v) is 4.60. The van der Waals surface area contributed by atoms with E-state index in [1.54, 1.807) is 0 Å². The molecule has 2 aromatic rings. The molecule has 0 radical (unpaired) electrons. The van der Waals surface area contributed by atoms with Crippen LogP contribution in [0.2, 0.25) is 0 Å². The standard InChI is InChI=1S/C19H21N/c1-3-16(4-2)19(17-11-7-5-8-12-17)15-20-18-13-9-6-10-14-18/h3,5-15,20H,4H2,1-2H3/b16-3-,19-15+. The van der Waals surface area contributed by atoms with Gasteiger partial charge in [0.15, 0.2) is 0 Å². The third kappa shape index (κ3) is 3.61. The first kappa shape index (κ1) is 14.1. The van der Waals surface area contributed by atoms with Gasteiger partial charge in [0.25, 0.3) is 0 Å². The fourth-order valence-electron chi connectivity index (χ4n) is 2.22. The smallest absolute Gasteiger partial charge is 0.0379 e. The molecule has 2 aromatic carbocycles. The zero-order valence-electron chi connectivity index (χ0n) is 12.1. The highest BCUT2D eigenvalue weighted by Crippen LogP contribution is 2.25. The number of hydrogen-bond donors (Lipinski definition) is 1. The van der Waals surface area contributed by atoms with Crippen molar-refractivity contribution in [2.75, 3.05) is 5.32 Å². The minimum atomic E-state index is 1.02. The van der Waals surface area contributed by atoms with Gasteiger partial charge < -0.3 is 5.32 Å². The van der Waals surface area contributed by atoms with Crippen molar-refractivity contribution in [1.29, 1.82) is 0 Å². The Morgan fingerprint density at radius 3 is 2.10 bits per heavy atom. The SMILES string of the molecule is C/C=C(CC)\C(=C/Nc1ccccc1)c1ccccc1. The molecule has 0 amide bonds. The van der Waals surface area contributed by atoms with Crippen LogP contribution >= 0.6 is 0 Å². The van der Waals surface area contributed by atoms with E-state index in [1.165, 1.54) is 16.7 Å². The van der Waals surface area contributed by atoms with Gasteiger partial charge in [-0.05, 0) is 36.6 Å². The number of rotatable bonds is 5. The first-order valence-corrected chi connectivity index (χ1v) is 7.08. The lowest BCUT2D eigenvalue weighted by Gasteiger charge is -2.12. The molecule has 0 fully saturated rings. The fourth-order valence-corrected chi connectivity index (χ4v) is 2.22. The molecular weight excluding hydrogens is 242 g/mol. The van der Waals surface area contributed by atoms with Crippen LogP contribution in [0.15, 0.2) is 78.5 Å². The fraction of sp³-hybridized carbons (Fsp3) is 0.158. The van der Waals surface area contributed by atoms with Gasteiger partial charge in [-0.25, -0.2) is 0 Å². The van der Waals surface area contributed by atoms with Crippen LogP contribution in [0.3, 0.4) is 0 Å². The van der Waals surface area contributed by atoms with E-state index in [0.29, 0.717) is 0 Å². The molecule has 0 saturated heterocycles. The van der Waals surface area contributed by atoms with E-state index in [-0.39, 0.29) is 0 Å². The molecule has 0 aliphatic carbocycles. The summed E-state index contributed by atoms with van der Waals surface area (Å²) in [5.41, 5.74) is 4.94. The maximum atomic E-state index is 3.39. The molecular formula is C19H21N. The Labute approximate surface area is 121 Å². The number of anilines is 1. The van der Waals surface area contributed by atoms with E-state index < -0.39 is 0 Å². The monoisotopic (exact) mass is 263 g/mol. The minimum Gasteiger partial charge on any atom is -0.361 e. The van der Waals surface area contributed by atoms with Crippen molar-refractivity contribution in [2.24, 2.45) is 0 Å². The van der Waals surface area contributed by atoms with Crippen molar-refractivity contribution in [2.45, 2.75) is 20.3 Å². The van der Waals surface area contributed by atoms with Gasteiger partial charge in [0.2, 0.25) is 0 Å². The molecule has 0 heterocycles. The van der Waals surface area contributed by atoms with Gasteiger partial charge in [-0.2, -0.15) is 0 Å². The summed E-state index contributed by atoms with van der Waals surface area (Å²) in [5.74, 6) is 0. The molecule has 0 aromatic heterocycles. The lowest BCUT2D eigenvalue weighted by Crippen LogP contribution is -1.95. The molecule has 1 heteroatoms. The van der Waals surface area contributed by atoms with Gasteiger partial charge in [0.05, 0.1) is 0 Å². The molecule has 20 heavy (non-hydrogen) atoms. The lowest BCUT2D eigenvalue weighted by molar-refractivity contribution is 1.15. The lowest BCUT2D eigenvalue weighted by atomic mass is 9.97. The maximum Gasteiger partial charge on any atom is 0.0379 e. The van der Waals surface area contributed by atoms with Crippen molar-refractivity contribution in [3.8, 4) is 0 Å². The first-order chi connectivity index (χ1) is 9.85. The summed E-state index contributed by atoms with van der Waals surface area (Å²) in [4.78, 5) is 0. The summed E-state index contributed by atoms with van der Waals surface area (Å²) in [6.07, 6.45) is 5.31. The van der Waals surface area contributed by atoms with Crippen LogP contribution in [0, 0.1) is 0 Å². The highest BCUT2D eigenvalue weighted by molar-refractivity contribution is 5.80. The molecule has 0 bridgehead atoms. The van der Waals surface area contributed by atoms with Crippen LogP contribution in [0.5, 0.6) is 0 Å². The molecule has 1 N–H and O–H groups in total. The van der Waals surface area contributed by atoms with Crippen molar-refractivity contribution in [1.82, 2.24) is 0 Å². The van der Waals surface area contributed by atoms with Gasteiger partial charge in [0.1, 0.15) is 0 Å². The molecule has 2 rings (SSSR count). The average Bonchev–Trinajstić information content (AvgIpc) is 2.53.